The molecule has 28 heavy (non-hydrogen) atoms. The number of aliphatic hydroxyl groups excluding tert-OH is 4. The molecule has 0 saturated carbocycles. The molecular formula is C24H32O4. The molecule has 2 unspecified atom stereocenters. The van der Waals surface area contributed by atoms with Crippen molar-refractivity contribution in [3.05, 3.63) is 69.8 Å². The van der Waals surface area contributed by atoms with Gasteiger partial charge in [0.25, 0.3) is 0 Å². The van der Waals surface area contributed by atoms with Gasteiger partial charge in [-0.25, -0.2) is 0 Å². The monoisotopic (exact) mass is 384 g/mol. The molecular weight excluding hydrogens is 352 g/mol. The molecule has 4 N–H and O–H groups in total. The van der Waals surface area contributed by atoms with Crippen LogP contribution < -0.4 is 0 Å². The van der Waals surface area contributed by atoms with E-state index < -0.39 is 0 Å². The summed E-state index contributed by atoms with van der Waals surface area (Å²) in [6, 6.07) is 12.3. The molecule has 0 fully saturated rings. The van der Waals surface area contributed by atoms with Gasteiger partial charge >= 0.3 is 0 Å². The average Bonchev–Trinajstić information content (AvgIpc) is 2.70. The second-order valence-electron chi connectivity index (χ2n) is 7.83. The van der Waals surface area contributed by atoms with Crippen molar-refractivity contribution in [1.82, 2.24) is 0 Å². The van der Waals surface area contributed by atoms with Crippen LogP contribution in [0.4, 0.5) is 0 Å². The van der Waals surface area contributed by atoms with Gasteiger partial charge in [-0.05, 0) is 84.7 Å². The van der Waals surface area contributed by atoms with Gasteiger partial charge in [0.1, 0.15) is 0 Å². The van der Waals surface area contributed by atoms with Crippen LogP contribution in [0.2, 0.25) is 0 Å². The van der Waals surface area contributed by atoms with Gasteiger partial charge in [0, 0.05) is 13.2 Å². The van der Waals surface area contributed by atoms with Gasteiger partial charge in [0.2, 0.25) is 0 Å². The van der Waals surface area contributed by atoms with Gasteiger partial charge in [-0.2, -0.15) is 0 Å². The highest BCUT2D eigenvalue weighted by Gasteiger charge is 2.18. The summed E-state index contributed by atoms with van der Waals surface area (Å²) in [5.74, 6) is 0. The minimum atomic E-state index is -0.294. The Bertz CT molecular complexity index is 706. The van der Waals surface area contributed by atoms with Crippen LogP contribution in [0, 0.1) is 0 Å². The van der Waals surface area contributed by atoms with Gasteiger partial charge in [0.05, 0.1) is 12.2 Å². The van der Waals surface area contributed by atoms with E-state index in [4.69, 9.17) is 10.2 Å². The van der Waals surface area contributed by atoms with Crippen LogP contribution in [-0.2, 0) is 25.7 Å². The second-order valence-corrected chi connectivity index (χ2v) is 7.83. The quantitative estimate of drug-likeness (QED) is 0.653. The minimum absolute atomic E-state index is 0.175. The number of benzene rings is 2. The zero-order chi connectivity index (χ0) is 19.9. The van der Waals surface area contributed by atoms with Crippen molar-refractivity contribution < 1.29 is 20.4 Å². The van der Waals surface area contributed by atoms with Crippen LogP contribution in [0.25, 0.3) is 0 Å². The smallest absolute Gasteiger partial charge is 0.0792 e. The Hall–Kier alpha value is -1.72. The third-order valence-corrected chi connectivity index (χ3v) is 5.79. The van der Waals surface area contributed by atoms with Gasteiger partial charge in [-0.3, -0.25) is 0 Å². The highest BCUT2D eigenvalue weighted by Crippen LogP contribution is 2.31. The van der Waals surface area contributed by atoms with Crippen LogP contribution in [-0.4, -0.2) is 33.6 Å². The Morgan fingerprint density at radius 3 is 1.50 bits per heavy atom. The first-order valence-electron chi connectivity index (χ1n) is 10.4. The first-order chi connectivity index (χ1) is 13.6. The summed E-state index contributed by atoms with van der Waals surface area (Å²) in [6.45, 7) is 0.351. The predicted molar refractivity (Wildman–Crippen MR) is 110 cm³/mol. The van der Waals surface area contributed by atoms with Crippen molar-refractivity contribution in [3.8, 4) is 0 Å². The summed E-state index contributed by atoms with van der Waals surface area (Å²) in [4.78, 5) is 0. The molecule has 4 rings (SSSR count). The Labute approximate surface area is 167 Å². The zero-order valence-electron chi connectivity index (χ0n) is 16.5. The fraction of sp³-hybridized carbons (Fsp3) is 0.500. The summed E-state index contributed by atoms with van der Waals surface area (Å²) in [5, 5.41) is 37.2. The molecule has 0 heterocycles. The summed E-state index contributed by atoms with van der Waals surface area (Å²) in [6.07, 6.45) is 6.82. The lowest BCUT2D eigenvalue weighted by atomic mass is 9.88. The number of hydrogen-bond acceptors (Lipinski definition) is 4. The molecule has 2 aromatic carbocycles. The normalized spacial score (nSPS) is 20.6. The number of fused-ring (bicyclic) bond motifs is 2. The summed E-state index contributed by atoms with van der Waals surface area (Å²) in [5.41, 5.74) is 6.92. The third kappa shape index (κ3) is 5.21. The van der Waals surface area contributed by atoms with Gasteiger partial charge in [-0.1, -0.05) is 36.4 Å². The number of hydrogen-bond donors (Lipinski definition) is 4. The second kappa shape index (κ2) is 10.2. The fourth-order valence-electron chi connectivity index (χ4n) is 4.22. The number of aliphatic hydroxyl groups is 4. The predicted octanol–water partition coefficient (Wildman–Crippen LogP) is 3.18. The molecule has 0 radical (unpaired) electrons. The van der Waals surface area contributed by atoms with Crippen LogP contribution in [0.1, 0.15) is 71.3 Å². The lowest BCUT2D eigenvalue weighted by molar-refractivity contribution is 0.156. The first kappa shape index (κ1) is 21.0. The average molecular weight is 385 g/mol. The molecule has 0 bridgehead atoms. The molecule has 4 heteroatoms. The third-order valence-electron chi connectivity index (χ3n) is 5.79. The Morgan fingerprint density at radius 1 is 0.679 bits per heavy atom. The molecule has 0 spiro atoms. The Balaban J connectivity index is 0.000000161. The SMILES string of the molecule is OCCc1ccc2c(c1)C(O)CCC2.OCCc1ccc2c(c1)C(O)CCC2. The van der Waals surface area contributed by atoms with E-state index in [1.54, 1.807) is 0 Å². The molecule has 152 valence electrons. The molecule has 2 aliphatic carbocycles. The van der Waals surface area contributed by atoms with Crippen molar-refractivity contribution >= 4 is 0 Å². The topological polar surface area (TPSA) is 80.9 Å². The Kier molecular flexibility index (Phi) is 7.63. The Morgan fingerprint density at radius 2 is 1.11 bits per heavy atom. The van der Waals surface area contributed by atoms with E-state index in [1.807, 2.05) is 24.3 Å². The van der Waals surface area contributed by atoms with Crippen molar-refractivity contribution in [3.63, 3.8) is 0 Å². The van der Waals surface area contributed by atoms with E-state index in [1.165, 1.54) is 11.1 Å². The highest BCUT2D eigenvalue weighted by atomic mass is 16.3. The summed E-state index contributed by atoms with van der Waals surface area (Å²) in [7, 11) is 0. The van der Waals surface area contributed by atoms with Crippen molar-refractivity contribution in [2.75, 3.05) is 13.2 Å². The molecule has 0 amide bonds. The van der Waals surface area contributed by atoms with Gasteiger partial charge in [0.15, 0.2) is 0 Å². The summed E-state index contributed by atoms with van der Waals surface area (Å²) >= 11 is 0. The highest BCUT2D eigenvalue weighted by molar-refractivity contribution is 5.36. The van der Waals surface area contributed by atoms with Crippen LogP contribution >= 0.6 is 0 Å². The van der Waals surface area contributed by atoms with Gasteiger partial charge in [-0.15, -0.1) is 0 Å². The van der Waals surface area contributed by atoms with Crippen molar-refractivity contribution in [2.24, 2.45) is 0 Å². The lowest BCUT2D eigenvalue weighted by Crippen LogP contribution is -2.09. The maximum absolute atomic E-state index is 9.79. The van der Waals surface area contributed by atoms with Crippen LogP contribution in [0.15, 0.2) is 36.4 Å². The van der Waals surface area contributed by atoms with E-state index in [-0.39, 0.29) is 25.4 Å². The molecule has 2 aliphatic rings. The first-order valence-corrected chi connectivity index (χ1v) is 10.4. The number of rotatable bonds is 4. The van der Waals surface area contributed by atoms with E-state index in [0.717, 1.165) is 60.8 Å². The van der Waals surface area contributed by atoms with E-state index in [2.05, 4.69) is 12.1 Å². The van der Waals surface area contributed by atoms with Crippen molar-refractivity contribution in [2.45, 2.75) is 63.6 Å². The molecule has 2 atom stereocenters. The van der Waals surface area contributed by atoms with Gasteiger partial charge < -0.3 is 20.4 Å². The molecule has 0 aliphatic heterocycles. The molecule has 4 nitrogen and oxygen atoms in total. The van der Waals surface area contributed by atoms with E-state index >= 15 is 0 Å². The molecule has 0 saturated heterocycles. The van der Waals surface area contributed by atoms with E-state index in [0.29, 0.717) is 12.8 Å². The molecule has 2 aromatic rings. The largest absolute Gasteiger partial charge is 0.396 e. The minimum Gasteiger partial charge on any atom is -0.396 e. The van der Waals surface area contributed by atoms with E-state index in [9.17, 15) is 10.2 Å². The fourth-order valence-corrected chi connectivity index (χ4v) is 4.22. The lowest BCUT2D eigenvalue weighted by Gasteiger charge is -2.21. The zero-order valence-corrected chi connectivity index (χ0v) is 16.5. The molecule has 0 aromatic heterocycles. The maximum Gasteiger partial charge on any atom is 0.0792 e. The van der Waals surface area contributed by atoms with Crippen LogP contribution in [0.3, 0.4) is 0 Å². The number of aryl methyl sites for hydroxylation is 2. The summed E-state index contributed by atoms with van der Waals surface area (Å²) < 4.78 is 0. The maximum atomic E-state index is 9.79. The van der Waals surface area contributed by atoms with Crippen molar-refractivity contribution in [1.29, 1.82) is 0 Å². The van der Waals surface area contributed by atoms with Crippen LogP contribution in [0.5, 0.6) is 0 Å². The standard InChI is InChI=1S/2C12H16O2/c2*13-7-6-9-4-5-10-2-1-3-12(14)11(10)8-9/h2*4-5,8,12-14H,1-3,6-7H2.